The lowest BCUT2D eigenvalue weighted by Crippen LogP contribution is -2.55. The summed E-state index contributed by atoms with van der Waals surface area (Å²) in [6, 6.07) is 5.85. The zero-order valence-electron chi connectivity index (χ0n) is 15.4. The van der Waals surface area contributed by atoms with E-state index >= 15 is 0 Å². The minimum atomic E-state index is -0.629. The highest BCUT2D eigenvalue weighted by molar-refractivity contribution is 5.46. The highest BCUT2D eigenvalue weighted by Gasteiger charge is 2.50. The lowest BCUT2D eigenvalue weighted by molar-refractivity contribution is -0.248. The Bertz CT molecular complexity index is 670. The smallest absolute Gasteiger partial charge is 0.231 e. The summed E-state index contributed by atoms with van der Waals surface area (Å²) in [6.45, 7) is 2.22. The van der Waals surface area contributed by atoms with Gasteiger partial charge in [-0.15, -0.1) is 0 Å². The number of nitrogens with two attached hydrogens (primary N) is 1. The Morgan fingerprint density at radius 3 is 2.67 bits per heavy atom. The molecule has 148 valence electrons. The molecule has 1 saturated carbocycles. The first-order chi connectivity index (χ1) is 13.2. The predicted molar refractivity (Wildman–Crippen MR) is 95.6 cm³/mol. The van der Waals surface area contributed by atoms with Crippen LogP contribution in [0.4, 0.5) is 0 Å². The maximum absolute atomic E-state index is 6.70. The van der Waals surface area contributed by atoms with E-state index < -0.39 is 5.79 Å². The molecule has 1 aromatic carbocycles. The first-order valence-electron chi connectivity index (χ1n) is 9.93. The molecule has 0 amide bonds. The van der Waals surface area contributed by atoms with Gasteiger partial charge in [0.25, 0.3) is 0 Å². The summed E-state index contributed by atoms with van der Waals surface area (Å²) in [5.41, 5.74) is 7.80. The molecule has 27 heavy (non-hydrogen) atoms. The van der Waals surface area contributed by atoms with Crippen LogP contribution in [0, 0.1) is 0 Å². The van der Waals surface area contributed by atoms with Gasteiger partial charge in [0.05, 0.1) is 19.3 Å². The third kappa shape index (κ3) is 3.43. The van der Waals surface area contributed by atoms with Gasteiger partial charge in [0.1, 0.15) is 0 Å². The second-order valence-electron chi connectivity index (χ2n) is 7.78. The number of rotatable bonds is 3. The van der Waals surface area contributed by atoms with Crippen LogP contribution >= 0.6 is 0 Å². The molecule has 0 aromatic heterocycles. The zero-order chi connectivity index (χ0) is 18.3. The Kier molecular flexibility index (Phi) is 4.73. The molecule has 3 fully saturated rings. The number of hydrogen-bond donors (Lipinski definition) is 1. The van der Waals surface area contributed by atoms with E-state index in [1.165, 1.54) is 0 Å². The quantitative estimate of drug-likeness (QED) is 0.865. The number of fused-ring (bicyclic) bond motifs is 1. The van der Waals surface area contributed by atoms with Crippen LogP contribution in [0.2, 0.25) is 0 Å². The van der Waals surface area contributed by atoms with Crippen molar-refractivity contribution in [3.05, 3.63) is 23.8 Å². The summed E-state index contributed by atoms with van der Waals surface area (Å²) in [4.78, 5) is 0. The fraction of sp³-hybridized carbons (Fsp3) is 0.700. The van der Waals surface area contributed by atoms with Crippen molar-refractivity contribution in [2.75, 3.05) is 26.6 Å². The Hall–Kier alpha value is -1.38. The first kappa shape index (κ1) is 17.7. The Balaban J connectivity index is 1.40. The second kappa shape index (κ2) is 7.22. The van der Waals surface area contributed by atoms with Crippen LogP contribution in [0.1, 0.15) is 43.6 Å². The van der Waals surface area contributed by atoms with Gasteiger partial charge in [-0.1, -0.05) is 6.07 Å². The molecule has 1 aromatic rings. The molecule has 5 rings (SSSR count). The molecule has 3 heterocycles. The van der Waals surface area contributed by atoms with Gasteiger partial charge in [0, 0.05) is 31.4 Å². The topological polar surface area (TPSA) is 81.4 Å². The van der Waals surface area contributed by atoms with E-state index in [1.807, 2.05) is 12.1 Å². The fourth-order valence-electron chi connectivity index (χ4n) is 4.63. The Morgan fingerprint density at radius 1 is 1.00 bits per heavy atom. The molecule has 1 aliphatic carbocycles. The lowest BCUT2D eigenvalue weighted by atomic mass is 9.75. The summed E-state index contributed by atoms with van der Waals surface area (Å²) in [7, 11) is 0. The van der Waals surface area contributed by atoms with Gasteiger partial charge in [0.15, 0.2) is 23.6 Å². The third-order valence-electron chi connectivity index (χ3n) is 6.04. The van der Waals surface area contributed by atoms with Crippen LogP contribution in [0.15, 0.2) is 18.2 Å². The van der Waals surface area contributed by atoms with Crippen LogP contribution in [-0.2, 0) is 18.9 Å². The normalized spacial score (nSPS) is 34.9. The molecule has 7 nitrogen and oxygen atoms in total. The number of hydrogen-bond acceptors (Lipinski definition) is 7. The van der Waals surface area contributed by atoms with Gasteiger partial charge in [-0.3, -0.25) is 0 Å². The average molecular weight is 377 g/mol. The van der Waals surface area contributed by atoms with E-state index in [9.17, 15) is 0 Å². The SMILES string of the molecule is NC1C(OC2CCCCO2)CC2(CC1c1ccc3c(c1)OCO3)OCCO2. The van der Waals surface area contributed by atoms with Gasteiger partial charge < -0.3 is 34.2 Å². The van der Waals surface area contributed by atoms with Gasteiger partial charge >= 0.3 is 0 Å². The van der Waals surface area contributed by atoms with Crippen LogP contribution in [-0.4, -0.2) is 50.8 Å². The maximum atomic E-state index is 6.70. The summed E-state index contributed by atoms with van der Waals surface area (Å²) in [5.74, 6) is 0.950. The number of benzene rings is 1. The summed E-state index contributed by atoms with van der Waals surface area (Å²) in [6.07, 6.45) is 4.09. The molecule has 3 aliphatic heterocycles. The summed E-state index contributed by atoms with van der Waals surface area (Å²) < 4.78 is 35.2. The van der Waals surface area contributed by atoms with Crippen molar-refractivity contribution in [3.8, 4) is 11.5 Å². The summed E-state index contributed by atoms with van der Waals surface area (Å²) >= 11 is 0. The van der Waals surface area contributed by atoms with Crippen LogP contribution in [0.3, 0.4) is 0 Å². The fourth-order valence-corrected chi connectivity index (χ4v) is 4.63. The zero-order valence-corrected chi connectivity index (χ0v) is 15.4. The first-order valence-corrected chi connectivity index (χ1v) is 9.93. The van der Waals surface area contributed by atoms with Crippen molar-refractivity contribution in [3.63, 3.8) is 0 Å². The van der Waals surface area contributed by atoms with E-state index in [1.54, 1.807) is 0 Å². The molecule has 1 spiro atoms. The minimum Gasteiger partial charge on any atom is -0.454 e. The second-order valence-corrected chi connectivity index (χ2v) is 7.78. The van der Waals surface area contributed by atoms with Crippen molar-refractivity contribution < 1.29 is 28.4 Å². The molecule has 2 N–H and O–H groups in total. The summed E-state index contributed by atoms with van der Waals surface area (Å²) in [5, 5.41) is 0. The highest BCUT2D eigenvalue weighted by Crippen LogP contribution is 2.46. The maximum Gasteiger partial charge on any atom is 0.231 e. The lowest BCUT2D eigenvalue weighted by Gasteiger charge is -2.45. The molecule has 4 aliphatic rings. The van der Waals surface area contributed by atoms with E-state index in [0.29, 0.717) is 26.1 Å². The van der Waals surface area contributed by atoms with Gasteiger partial charge in [0.2, 0.25) is 6.79 Å². The van der Waals surface area contributed by atoms with Gasteiger partial charge in [-0.05, 0) is 37.0 Å². The van der Waals surface area contributed by atoms with E-state index in [0.717, 1.165) is 42.9 Å². The molecular formula is C20H27NO6. The predicted octanol–water partition coefficient (Wildman–Crippen LogP) is 2.27. The van der Waals surface area contributed by atoms with E-state index in [2.05, 4.69) is 6.07 Å². The monoisotopic (exact) mass is 377 g/mol. The molecular weight excluding hydrogens is 350 g/mol. The largest absolute Gasteiger partial charge is 0.454 e. The Labute approximate surface area is 159 Å². The molecule has 0 radical (unpaired) electrons. The van der Waals surface area contributed by atoms with Crippen LogP contribution < -0.4 is 15.2 Å². The standard InChI is InChI=1S/C20H27NO6/c21-19-14(13-4-5-15-16(9-13)24-12-23-15)10-20(25-7-8-26-20)11-17(19)27-18-3-1-2-6-22-18/h4-5,9,14,17-19H,1-3,6-8,10-12,21H2. The molecule has 0 bridgehead atoms. The van der Waals surface area contributed by atoms with Crippen LogP contribution in [0.5, 0.6) is 11.5 Å². The number of ether oxygens (including phenoxy) is 6. The van der Waals surface area contributed by atoms with Crippen molar-refractivity contribution in [1.29, 1.82) is 0 Å². The Morgan fingerprint density at radius 2 is 1.85 bits per heavy atom. The molecule has 4 atom stereocenters. The van der Waals surface area contributed by atoms with Crippen molar-refractivity contribution in [1.82, 2.24) is 0 Å². The molecule has 4 unspecified atom stereocenters. The van der Waals surface area contributed by atoms with E-state index in [-0.39, 0.29) is 31.1 Å². The van der Waals surface area contributed by atoms with Crippen molar-refractivity contribution in [2.45, 2.75) is 62.2 Å². The van der Waals surface area contributed by atoms with E-state index in [4.69, 9.17) is 34.2 Å². The minimum absolute atomic E-state index is 0.0416. The molecule has 7 heteroatoms. The van der Waals surface area contributed by atoms with Gasteiger partial charge in [-0.2, -0.15) is 0 Å². The van der Waals surface area contributed by atoms with Crippen LogP contribution in [0.25, 0.3) is 0 Å². The average Bonchev–Trinajstić information content (AvgIpc) is 3.34. The van der Waals surface area contributed by atoms with Crippen molar-refractivity contribution >= 4 is 0 Å². The van der Waals surface area contributed by atoms with Crippen molar-refractivity contribution in [2.24, 2.45) is 5.73 Å². The highest BCUT2D eigenvalue weighted by atomic mass is 16.7. The third-order valence-corrected chi connectivity index (χ3v) is 6.04. The van der Waals surface area contributed by atoms with Gasteiger partial charge in [-0.25, -0.2) is 0 Å². The molecule has 2 saturated heterocycles.